The van der Waals surface area contributed by atoms with Gasteiger partial charge in [0.15, 0.2) is 17.6 Å². The Bertz CT molecular complexity index is 630. The molecule has 0 spiro atoms. The van der Waals surface area contributed by atoms with E-state index >= 15 is 0 Å². The molecule has 0 radical (unpaired) electrons. The van der Waals surface area contributed by atoms with Crippen molar-refractivity contribution in [2.45, 2.75) is 51.7 Å². The number of nitrogens with one attached hydrogen (secondary N) is 1. The second-order valence-corrected chi connectivity index (χ2v) is 6.43. The van der Waals surface area contributed by atoms with Crippen LogP contribution < -0.4 is 14.8 Å². The monoisotopic (exact) mass is 369 g/mol. The summed E-state index contributed by atoms with van der Waals surface area (Å²) >= 11 is 6.22. The third kappa shape index (κ3) is 5.53. The maximum absolute atomic E-state index is 12.3. The Morgan fingerprint density at radius 1 is 1.36 bits per heavy atom. The standard InChI is InChI=1S/C18H24ClNO5/c1-4-5-8-24-16-14(19)9-12(10-15(16)23-3)18(22)25-11(2)17(21)20-13-6-7-13/h9-11,13H,4-8H2,1-3H3,(H,20,21)/t11-/m0/s1. The van der Waals surface area contributed by atoms with Crippen LogP contribution in [-0.4, -0.2) is 37.7 Å². The van der Waals surface area contributed by atoms with Crippen molar-refractivity contribution in [3.8, 4) is 11.5 Å². The first-order valence-corrected chi connectivity index (χ1v) is 8.85. The largest absolute Gasteiger partial charge is 0.493 e. The average Bonchev–Trinajstić information content (AvgIpc) is 3.39. The summed E-state index contributed by atoms with van der Waals surface area (Å²) in [5.74, 6) is -0.188. The van der Waals surface area contributed by atoms with E-state index < -0.39 is 12.1 Å². The van der Waals surface area contributed by atoms with E-state index in [1.807, 2.05) is 0 Å². The van der Waals surface area contributed by atoms with Gasteiger partial charge in [0.25, 0.3) is 5.91 Å². The predicted molar refractivity (Wildman–Crippen MR) is 94.4 cm³/mol. The molecule has 0 bridgehead atoms. The Hall–Kier alpha value is -1.95. The number of carbonyl (C=O) groups is 2. The van der Waals surface area contributed by atoms with Gasteiger partial charge in [0.05, 0.1) is 24.3 Å². The molecule has 2 rings (SSSR count). The fourth-order valence-electron chi connectivity index (χ4n) is 2.12. The molecule has 0 aliphatic heterocycles. The maximum atomic E-state index is 12.3. The minimum absolute atomic E-state index is 0.204. The molecule has 1 amide bonds. The first kappa shape index (κ1) is 19.4. The molecule has 0 unspecified atom stereocenters. The molecule has 6 nitrogen and oxygen atoms in total. The molecule has 1 aromatic rings. The fraction of sp³-hybridized carbons (Fsp3) is 0.556. The number of methoxy groups -OCH3 is 1. The second kappa shape index (κ2) is 8.94. The van der Waals surface area contributed by atoms with E-state index in [1.54, 1.807) is 0 Å². The van der Waals surface area contributed by atoms with Gasteiger partial charge < -0.3 is 19.5 Å². The lowest BCUT2D eigenvalue weighted by molar-refractivity contribution is -0.129. The molecule has 1 atom stereocenters. The van der Waals surface area contributed by atoms with Crippen LogP contribution in [0.4, 0.5) is 0 Å². The van der Waals surface area contributed by atoms with Crippen LogP contribution in [0.5, 0.6) is 11.5 Å². The molecule has 0 saturated heterocycles. The molecular weight excluding hydrogens is 346 g/mol. The van der Waals surface area contributed by atoms with Crippen molar-refractivity contribution in [2.75, 3.05) is 13.7 Å². The molecule has 1 aromatic carbocycles. The molecule has 25 heavy (non-hydrogen) atoms. The van der Waals surface area contributed by atoms with E-state index in [-0.39, 0.29) is 22.5 Å². The van der Waals surface area contributed by atoms with Crippen LogP contribution in [-0.2, 0) is 9.53 Å². The van der Waals surface area contributed by atoms with Gasteiger partial charge >= 0.3 is 5.97 Å². The van der Waals surface area contributed by atoms with Gasteiger partial charge in [-0.05, 0) is 38.3 Å². The predicted octanol–water partition coefficient (Wildman–Crippen LogP) is 3.35. The quantitative estimate of drug-likeness (QED) is 0.533. The van der Waals surface area contributed by atoms with E-state index in [9.17, 15) is 9.59 Å². The summed E-state index contributed by atoms with van der Waals surface area (Å²) in [6.45, 7) is 4.10. The number of benzene rings is 1. The number of carbonyl (C=O) groups excluding carboxylic acids is 2. The van der Waals surface area contributed by atoms with Crippen LogP contribution in [0.15, 0.2) is 12.1 Å². The van der Waals surface area contributed by atoms with Crippen molar-refractivity contribution in [2.24, 2.45) is 0 Å². The Kier molecular flexibility index (Phi) is 6.93. The minimum Gasteiger partial charge on any atom is -0.493 e. The lowest BCUT2D eigenvalue weighted by Gasteiger charge is -2.16. The Morgan fingerprint density at radius 2 is 2.08 bits per heavy atom. The van der Waals surface area contributed by atoms with E-state index in [0.717, 1.165) is 25.7 Å². The number of ether oxygens (including phenoxy) is 3. The molecule has 1 aliphatic carbocycles. The third-order valence-electron chi connectivity index (χ3n) is 3.79. The first-order chi connectivity index (χ1) is 12.0. The first-order valence-electron chi connectivity index (χ1n) is 8.48. The van der Waals surface area contributed by atoms with E-state index in [2.05, 4.69) is 12.2 Å². The van der Waals surface area contributed by atoms with Crippen molar-refractivity contribution in [1.82, 2.24) is 5.32 Å². The van der Waals surface area contributed by atoms with Gasteiger partial charge in [-0.15, -0.1) is 0 Å². The van der Waals surface area contributed by atoms with Gasteiger partial charge in [-0.25, -0.2) is 4.79 Å². The molecule has 0 heterocycles. The smallest absolute Gasteiger partial charge is 0.339 e. The highest BCUT2D eigenvalue weighted by Gasteiger charge is 2.27. The van der Waals surface area contributed by atoms with Crippen molar-refractivity contribution >= 4 is 23.5 Å². The Labute approximate surface area is 152 Å². The Morgan fingerprint density at radius 3 is 2.68 bits per heavy atom. The second-order valence-electron chi connectivity index (χ2n) is 6.02. The molecule has 1 N–H and O–H groups in total. The normalized spacial score (nSPS) is 14.6. The SMILES string of the molecule is CCCCOc1c(Cl)cc(C(=O)O[C@@H](C)C(=O)NC2CC2)cc1OC. The topological polar surface area (TPSA) is 73.9 Å². The maximum Gasteiger partial charge on any atom is 0.339 e. The Balaban J connectivity index is 2.05. The zero-order valence-corrected chi connectivity index (χ0v) is 15.5. The minimum atomic E-state index is -0.877. The van der Waals surface area contributed by atoms with E-state index in [0.29, 0.717) is 18.1 Å². The van der Waals surface area contributed by atoms with Crippen LogP contribution in [0.1, 0.15) is 49.9 Å². The summed E-state index contributed by atoms with van der Waals surface area (Å²) in [5, 5.41) is 3.06. The number of unbranched alkanes of at least 4 members (excludes halogenated alkanes) is 1. The number of esters is 1. The van der Waals surface area contributed by atoms with Crippen molar-refractivity contribution < 1.29 is 23.8 Å². The van der Waals surface area contributed by atoms with Gasteiger partial charge in [0.2, 0.25) is 0 Å². The molecule has 138 valence electrons. The lowest BCUT2D eigenvalue weighted by Crippen LogP contribution is -2.37. The molecule has 1 fully saturated rings. The molecule has 1 saturated carbocycles. The summed E-state index contributed by atoms with van der Waals surface area (Å²) in [6, 6.07) is 3.17. The number of rotatable bonds is 9. The van der Waals surface area contributed by atoms with E-state index in [4.69, 9.17) is 25.8 Å². The molecule has 7 heteroatoms. The summed E-state index contributed by atoms with van der Waals surface area (Å²) in [5.41, 5.74) is 0.204. The molecule has 1 aliphatic rings. The van der Waals surface area contributed by atoms with Crippen molar-refractivity contribution in [1.29, 1.82) is 0 Å². The zero-order chi connectivity index (χ0) is 18.4. The number of hydrogen-bond donors (Lipinski definition) is 1. The number of hydrogen-bond acceptors (Lipinski definition) is 5. The van der Waals surface area contributed by atoms with Crippen molar-refractivity contribution in [3.05, 3.63) is 22.7 Å². The highest BCUT2D eigenvalue weighted by Crippen LogP contribution is 2.36. The summed E-state index contributed by atoms with van der Waals surface area (Å²) in [4.78, 5) is 24.2. The fourth-order valence-corrected chi connectivity index (χ4v) is 2.39. The average molecular weight is 370 g/mol. The van der Waals surface area contributed by atoms with Gasteiger partial charge in [-0.2, -0.15) is 0 Å². The third-order valence-corrected chi connectivity index (χ3v) is 4.07. The van der Waals surface area contributed by atoms with Crippen LogP contribution >= 0.6 is 11.6 Å². The van der Waals surface area contributed by atoms with Crippen LogP contribution in [0.2, 0.25) is 5.02 Å². The number of amides is 1. The van der Waals surface area contributed by atoms with Crippen LogP contribution in [0.25, 0.3) is 0 Å². The summed E-state index contributed by atoms with van der Waals surface area (Å²) < 4.78 is 16.1. The van der Waals surface area contributed by atoms with Gasteiger partial charge in [-0.1, -0.05) is 24.9 Å². The van der Waals surface area contributed by atoms with Gasteiger partial charge in [-0.3, -0.25) is 4.79 Å². The van der Waals surface area contributed by atoms with Gasteiger partial charge in [0, 0.05) is 6.04 Å². The van der Waals surface area contributed by atoms with Crippen molar-refractivity contribution in [3.63, 3.8) is 0 Å². The zero-order valence-electron chi connectivity index (χ0n) is 14.8. The van der Waals surface area contributed by atoms with Crippen LogP contribution in [0, 0.1) is 0 Å². The lowest BCUT2D eigenvalue weighted by atomic mass is 10.2. The molecular formula is C18H24ClNO5. The van der Waals surface area contributed by atoms with E-state index in [1.165, 1.54) is 26.2 Å². The number of halogens is 1. The summed E-state index contributed by atoms with van der Waals surface area (Å²) in [6.07, 6.45) is 2.94. The highest BCUT2D eigenvalue weighted by atomic mass is 35.5. The van der Waals surface area contributed by atoms with Gasteiger partial charge in [0.1, 0.15) is 0 Å². The summed E-state index contributed by atoms with van der Waals surface area (Å²) in [7, 11) is 1.47. The highest BCUT2D eigenvalue weighted by molar-refractivity contribution is 6.32. The van der Waals surface area contributed by atoms with Crippen LogP contribution in [0.3, 0.4) is 0 Å². The molecule has 0 aromatic heterocycles.